The number of hydrogen-bond donors (Lipinski definition) is 1. The van der Waals surface area contributed by atoms with Crippen LogP contribution in [0.5, 0.6) is 6.01 Å². The van der Waals surface area contributed by atoms with Crippen molar-refractivity contribution in [2.75, 3.05) is 26.2 Å². The number of amides is 4. The van der Waals surface area contributed by atoms with E-state index in [2.05, 4.69) is 15.3 Å². The minimum atomic E-state index is -0.328. The smallest absolute Gasteiger partial charge is 0.328 e. The summed E-state index contributed by atoms with van der Waals surface area (Å²) in [7, 11) is 0. The molecule has 1 N–H and O–H groups in total. The van der Waals surface area contributed by atoms with E-state index in [9.17, 15) is 9.59 Å². The molecule has 0 saturated carbocycles. The van der Waals surface area contributed by atoms with Gasteiger partial charge in [-0.15, -0.1) is 0 Å². The summed E-state index contributed by atoms with van der Waals surface area (Å²) >= 11 is 0. The number of nitrogens with zero attached hydrogens (tertiary/aromatic N) is 4. The molecule has 2 aliphatic rings. The van der Waals surface area contributed by atoms with Gasteiger partial charge in [0.2, 0.25) is 0 Å². The molecule has 3 heterocycles. The van der Waals surface area contributed by atoms with Gasteiger partial charge in [0.1, 0.15) is 6.10 Å². The molecule has 0 spiro atoms. The van der Waals surface area contributed by atoms with Gasteiger partial charge in [-0.2, -0.15) is 0 Å². The van der Waals surface area contributed by atoms with Gasteiger partial charge in [0, 0.05) is 38.4 Å². The SMILES string of the molecule is O=C1NCCN1C(=O)N1CC[C@@H](Oc2ncccn2)C1. The molecule has 0 unspecified atom stereocenters. The van der Waals surface area contributed by atoms with Crippen LogP contribution in [-0.4, -0.2) is 64.1 Å². The lowest BCUT2D eigenvalue weighted by molar-refractivity contribution is 0.158. The van der Waals surface area contributed by atoms with E-state index in [0.717, 1.165) is 0 Å². The van der Waals surface area contributed by atoms with Crippen LogP contribution in [0.1, 0.15) is 6.42 Å². The van der Waals surface area contributed by atoms with Crippen LogP contribution in [0.25, 0.3) is 0 Å². The molecule has 106 valence electrons. The Bertz CT molecular complexity index is 509. The zero-order valence-corrected chi connectivity index (χ0v) is 10.9. The maximum absolute atomic E-state index is 12.2. The molecule has 8 nitrogen and oxygen atoms in total. The maximum Gasteiger partial charge on any atom is 0.328 e. The van der Waals surface area contributed by atoms with Gasteiger partial charge in [-0.3, -0.25) is 0 Å². The molecule has 2 fully saturated rings. The van der Waals surface area contributed by atoms with E-state index in [1.54, 1.807) is 23.4 Å². The van der Waals surface area contributed by atoms with Gasteiger partial charge in [0.05, 0.1) is 6.54 Å². The van der Waals surface area contributed by atoms with Gasteiger partial charge in [-0.05, 0) is 6.07 Å². The summed E-state index contributed by atoms with van der Waals surface area (Å²) < 4.78 is 5.61. The second-order valence-electron chi connectivity index (χ2n) is 4.67. The van der Waals surface area contributed by atoms with E-state index in [-0.39, 0.29) is 18.2 Å². The van der Waals surface area contributed by atoms with Crippen molar-refractivity contribution in [2.45, 2.75) is 12.5 Å². The van der Waals surface area contributed by atoms with Crippen LogP contribution in [0.4, 0.5) is 9.59 Å². The topological polar surface area (TPSA) is 87.7 Å². The first kappa shape index (κ1) is 12.6. The van der Waals surface area contributed by atoms with Gasteiger partial charge >= 0.3 is 18.1 Å². The summed E-state index contributed by atoms with van der Waals surface area (Å²) in [5.41, 5.74) is 0. The third-order valence-corrected chi connectivity index (χ3v) is 3.32. The molecule has 1 atom stereocenters. The number of ether oxygens (including phenoxy) is 1. The molecular formula is C12H15N5O3. The molecule has 1 aromatic heterocycles. The largest absolute Gasteiger partial charge is 0.458 e. The molecule has 8 heteroatoms. The Morgan fingerprint density at radius 2 is 2.15 bits per heavy atom. The molecule has 0 aliphatic carbocycles. The first-order valence-electron chi connectivity index (χ1n) is 6.52. The van der Waals surface area contributed by atoms with Crippen molar-refractivity contribution in [1.82, 2.24) is 25.1 Å². The van der Waals surface area contributed by atoms with Gasteiger partial charge < -0.3 is 15.0 Å². The fourth-order valence-electron chi connectivity index (χ4n) is 2.32. The number of aromatic nitrogens is 2. The fourth-order valence-corrected chi connectivity index (χ4v) is 2.32. The second kappa shape index (κ2) is 5.32. The molecule has 2 aliphatic heterocycles. The number of rotatable bonds is 2. The Morgan fingerprint density at radius 1 is 1.35 bits per heavy atom. The summed E-state index contributed by atoms with van der Waals surface area (Å²) in [4.78, 5) is 34.4. The maximum atomic E-state index is 12.2. The Morgan fingerprint density at radius 3 is 2.85 bits per heavy atom. The van der Waals surface area contributed by atoms with Crippen LogP contribution in [-0.2, 0) is 0 Å². The normalized spacial score (nSPS) is 22.0. The molecule has 4 amide bonds. The highest BCUT2D eigenvalue weighted by Crippen LogP contribution is 2.16. The molecule has 1 aromatic rings. The van der Waals surface area contributed by atoms with Crippen molar-refractivity contribution in [1.29, 1.82) is 0 Å². The summed E-state index contributed by atoms with van der Waals surface area (Å²) in [6.45, 7) is 1.94. The van der Waals surface area contributed by atoms with E-state index >= 15 is 0 Å². The van der Waals surface area contributed by atoms with Crippen LogP contribution in [0.3, 0.4) is 0 Å². The fraction of sp³-hybridized carbons (Fsp3) is 0.500. The van der Waals surface area contributed by atoms with E-state index in [1.807, 2.05) is 0 Å². The average molecular weight is 277 g/mol. The molecule has 3 rings (SSSR count). The number of likely N-dealkylation sites (tertiary alicyclic amines) is 1. The molecule has 0 radical (unpaired) electrons. The van der Waals surface area contributed by atoms with Crippen molar-refractivity contribution in [3.05, 3.63) is 18.5 Å². The first-order chi connectivity index (χ1) is 9.74. The zero-order chi connectivity index (χ0) is 13.9. The second-order valence-corrected chi connectivity index (χ2v) is 4.67. The van der Waals surface area contributed by atoms with E-state index in [4.69, 9.17) is 4.74 Å². The van der Waals surface area contributed by atoms with Crippen molar-refractivity contribution < 1.29 is 14.3 Å². The Balaban J connectivity index is 1.57. The van der Waals surface area contributed by atoms with Crippen LogP contribution in [0, 0.1) is 0 Å². The first-order valence-corrected chi connectivity index (χ1v) is 6.52. The van der Waals surface area contributed by atoms with Crippen LogP contribution < -0.4 is 10.1 Å². The number of hydrogen-bond acceptors (Lipinski definition) is 5. The van der Waals surface area contributed by atoms with Gasteiger partial charge in [0.25, 0.3) is 0 Å². The Labute approximate surface area is 115 Å². The quantitative estimate of drug-likeness (QED) is 0.826. The highest BCUT2D eigenvalue weighted by atomic mass is 16.5. The van der Waals surface area contributed by atoms with Gasteiger partial charge in [-0.25, -0.2) is 24.5 Å². The summed E-state index contributed by atoms with van der Waals surface area (Å²) in [5.74, 6) is 0. The lowest BCUT2D eigenvalue weighted by Gasteiger charge is -2.21. The molecule has 20 heavy (non-hydrogen) atoms. The molecule has 0 aromatic carbocycles. The third kappa shape index (κ3) is 2.49. The highest BCUT2D eigenvalue weighted by Gasteiger charge is 2.35. The molecule has 2 saturated heterocycles. The number of urea groups is 2. The summed E-state index contributed by atoms with van der Waals surface area (Å²) in [6.07, 6.45) is 3.79. The summed E-state index contributed by atoms with van der Waals surface area (Å²) in [5, 5.41) is 2.61. The van der Waals surface area contributed by atoms with Crippen LogP contribution >= 0.6 is 0 Å². The predicted octanol–water partition coefficient (Wildman–Crippen LogP) is 0.0749. The Hall–Kier alpha value is -2.38. The summed E-state index contributed by atoms with van der Waals surface area (Å²) in [6, 6.07) is 1.43. The monoisotopic (exact) mass is 277 g/mol. The number of imide groups is 1. The number of nitrogens with one attached hydrogen (secondary N) is 1. The highest BCUT2D eigenvalue weighted by molar-refractivity contribution is 5.95. The van der Waals surface area contributed by atoms with Crippen LogP contribution in [0.2, 0.25) is 0 Å². The number of carbonyl (C=O) groups is 2. The van der Waals surface area contributed by atoms with Crippen LogP contribution in [0.15, 0.2) is 18.5 Å². The van der Waals surface area contributed by atoms with Gasteiger partial charge in [0.15, 0.2) is 0 Å². The number of carbonyl (C=O) groups excluding carboxylic acids is 2. The Kier molecular flexibility index (Phi) is 3.36. The lowest BCUT2D eigenvalue weighted by Crippen LogP contribution is -2.44. The van der Waals surface area contributed by atoms with Crippen molar-refractivity contribution in [2.24, 2.45) is 0 Å². The predicted molar refractivity (Wildman–Crippen MR) is 68.1 cm³/mol. The molecule has 0 bridgehead atoms. The standard InChI is InChI=1S/C12H15N5O3/c18-11-15-5-7-17(11)12(19)16-6-2-9(8-16)20-10-13-3-1-4-14-10/h1,3-4,9H,2,5-8H2,(H,15,18)/t9-/m1/s1. The lowest BCUT2D eigenvalue weighted by atomic mass is 10.3. The van der Waals surface area contributed by atoms with E-state index in [1.165, 1.54) is 4.90 Å². The van der Waals surface area contributed by atoms with Crippen molar-refractivity contribution in [3.63, 3.8) is 0 Å². The minimum absolute atomic E-state index is 0.132. The van der Waals surface area contributed by atoms with Crippen molar-refractivity contribution in [3.8, 4) is 6.01 Å². The van der Waals surface area contributed by atoms with Crippen molar-refractivity contribution >= 4 is 12.1 Å². The van der Waals surface area contributed by atoms with Gasteiger partial charge in [-0.1, -0.05) is 0 Å². The third-order valence-electron chi connectivity index (χ3n) is 3.32. The minimum Gasteiger partial charge on any atom is -0.458 e. The van der Waals surface area contributed by atoms with E-state index < -0.39 is 0 Å². The van der Waals surface area contributed by atoms with E-state index in [0.29, 0.717) is 38.6 Å². The molecular weight excluding hydrogens is 262 g/mol. The average Bonchev–Trinajstić information content (AvgIpc) is 3.08. The zero-order valence-electron chi connectivity index (χ0n) is 10.9.